The molecule has 1 N–H and O–H groups in total. The summed E-state index contributed by atoms with van der Waals surface area (Å²) in [5.74, 6) is -1.32. The van der Waals surface area contributed by atoms with Crippen molar-refractivity contribution >= 4 is 11.9 Å². The Balaban J connectivity index is 4.55. The van der Waals surface area contributed by atoms with Gasteiger partial charge < -0.3 is 10.0 Å². The molecule has 0 aliphatic rings. The minimum Gasteiger partial charge on any atom is -0.481 e. The van der Waals surface area contributed by atoms with E-state index in [2.05, 4.69) is 6.92 Å². The van der Waals surface area contributed by atoms with Gasteiger partial charge in [-0.2, -0.15) is 0 Å². The number of carbonyl (C=O) groups is 2. The lowest BCUT2D eigenvalue weighted by Crippen LogP contribution is -2.43. The second-order valence-corrected chi connectivity index (χ2v) is 6.30. The van der Waals surface area contributed by atoms with Gasteiger partial charge in [-0.3, -0.25) is 9.59 Å². The summed E-state index contributed by atoms with van der Waals surface area (Å²) < 4.78 is 0. The number of carboxylic acids is 1. The highest BCUT2D eigenvalue weighted by molar-refractivity contribution is 5.82. The first-order chi connectivity index (χ1) is 8.70. The first-order valence-corrected chi connectivity index (χ1v) is 7.22. The Morgan fingerprint density at radius 1 is 1.16 bits per heavy atom. The van der Waals surface area contributed by atoms with Crippen LogP contribution >= 0.6 is 0 Å². The van der Waals surface area contributed by atoms with Crippen molar-refractivity contribution in [2.24, 2.45) is 11.3 Å². The molecule has 0 aromatic carbocycles. The molecule has 19 heavy (non-hydrogen) atoms. The molecule has 0 aliphatic carbocycles. The van der Waals surface area contributed by atoms with Crippen LogP contribution in [0, 0.1) is 11.3 Å². The van der Waals surface area contributed by atoms with Gasteiger partial charge in [0.1, 0.15) is 0 Å². The highest BCUT2D eigenvalue weighted by Gasteiger charge is 2.29. The van der Waals surface area contributed by atoms with Gasteiger partial charge in [0.15, 0.2) is 0 Å². The van der Waals surface area contributed by atoms with E-state index in [-0.39, 0.29) is 5.91 Å². The van der Waals surface area contributed by atoms with Crippen molar-refractivity contribution in [2.75, 3.05) is 13.1 Å². The lowest BCUT2D eigenvalue weighted by Gasteiger charge is -2.30. The Bertz CT molecular complexity index is 294. The van der Waals surface area contributed by atoms with Crippen molar-refractivity contribution < 1.29 is 14.7 Å². The van der Waals surface area contributed by atoms with Crippen LogP contribution in [0.3, 0.4) is 0 Å². The van der Waals surface area contributed by atoms with Crippen LogP contribution in [0.2, 0.25) is 0 Å². The number of rotatable bonds is 8. The van der Waals surface area contributed by atoms with Crippen LogP contribution in [0.5, 0.6) is 0 Å². The quantitative estimate of drug-likeness (QED) is 0.690. The van der Waals surface area contributed by atoms with E-state index in [0.717, 1.165) is 25.7 Å². The molecule has 0 aromatic rings. The summed E-state index contributed by atoms with van der Waals surface area (Å²) in [7, 11) is 0. The van der Waals surface area contributed by atoms with Crippen molar-refractivity contribution in [3.8, 4) is 0 Å². The Labute approximate surface area is 117 Å². The van der Waals surface area contributed by atoms with Crippen molar-refractivity contribution in [3.05, 3.63) is 0 Å². The first kappa shape index (κ1) is 17.9. The Kier molecular flexibility index (Phi) is 7.72. The standard InChI is InChI=1S/C15H29NO3/c1-6-7-8-9-10-16(11-12(2)13(17)18)14(19)15(3,4)5/h12H,6-11H2,1-5H3,(H,17,18). The fourth-order valence-electron chi connectivity index (χ4n) is 1.89. The third-order valence-electron chi connectivity index (χ3n) is 3.13. The first-order valence-electron chi connectivity index (χ1n) is 7.22. The van der Waals surface area contributed by atoms with E-state index in [4.69, 9.17) is 5.11 Å². The number of hydrogen-bond donors (Lipinski definition) is 1. The van der Waals surface area contributed by atoms with E-state index < -0.39 is 17.3 Å². The summed E-state index contributed by atoms with van der Waals surface area (Å²) in [4.78, 5) is 25.0. The molecule has 0 spiro atoms. The number of aliphatic carboxylic acids is 1. The molecule has 0 saturated heterocycles. The minimum atomic E-state index is -0.847. The summed E-state index contributed by atoms with van der Waals surface area (Å²) in [6, 6.07) is 0. The molecular formula is C15H29NO3. The average molecular weight is 271 g/mol. The molecule has 112 valence electrons. The van der Waals surface area contributed by atoms with E-state index in [0.29, 0.717) is 13.1 Å². The Hall–Kier alpha value is -1.06. The van der Waals surface area contributed by atoms with Gasteiger partial charge in [0, 0.05) is 18.5 Å². The molecule has 0 aliphatic heterocycles. The second-order valence-electron chi connectivity index (χ2n) is 6.30. The molecule has 1 atom stereocenters. The molecule has 0 rings (SSSR count). The molecule has 1 amide bonds. The zero-order valence-electron chi connectivity index (χ0n) is 13.0. The Morgan fingerprint density at radius 2 is 1.74 bits per heavy atom. The lowest BCUT2D eigenvalue weighted by molar-refractivity contribution is -0.145. The van der Waals surface area contributed by atoms with E-state index >= 15 is 0 Å². The SMILES string of the molecule is CCCCCCN(CC(C)C(=O)O)C(=O)C(C)(C)C. The van der Waals surface area contributed by atoms with Gasteiger partial charge in [-0.1, -0.05) is 53.9 Å². The van der Waals surface area contributed by atoms with E-state index in [1.165, 1.54) is 0 Å². The van der Waals surface area contributed by atoms with Crippen LogP contribution < -0.4 is 0 Å². The fourth-order valence-corrected chi connectivity index (χ4v) is 1.89. The summed E-state index contributed by atoms with van der Waals surface area (Å²) in [5.41, 5.74) is -0.455. The molecule has 0 radical (unpaired) electrons. The van der Waals surface area contributed by atoms with Gasteiger partial charge in [-0.05, 0) is 6.42 Å². The largest absolute Gasteiger partial charge is 0.481 e. The predicted molar refractivity (Wildman–Crippen MR) is 77.0 cm³/mol. The normalized spacial score (nSPS) is 13.1. The van der Waals surface area contributed by atoms with Crippen molar-refractivity contribution in [2.45, 2.75) is 60.3 Å². The molecule has 0 fully saturated rings. The van der Waals surface area contributed by atoms with Crippen molar-refractivity contribution in [1.82, 2.24) is 4.90 Å². The van der Waals surface area contributed by atoms with Crippen LogP contribution in [0.1, 0.15) is 60.3 Å². The monoisotopic (exact) mass is 271 g/mol. The summed E-state index contributed by atoms with van der Waals surface area (Å²) in [5, 5.41) is 8.99. The third kappa shape index (κ3) is 7.19. The number of carbonyl (C=O) groups excluding carboxylic acids is 1. The molecule has 1 unspecified atom stereocenters. The maximum atomic E-state index is 12.3. The average Bonchev–Trinajstić information content (AvgIpc) is 2.30. The van der Waals surface area contributed by atoms with Crippen LogP contribution in [0.15, 0.2) is 0 Å². The summed E-state index contributed by atoms with van der Waals surface area (Å²) in [6.07, 6.45) is 4.35. The molecule has 4 heteroatoms. The fraction of sp³-hybridized carbons (Fsp3) is 0.867. The number of nitrogens with zero attached hydrogens (tertiary/aromatic N) is 1. The number of amides is 1. The Morgan fingerprint density at radius 3 is 2.16 bits per heavy atom. The van der Waals surface area contributed by atoms with E-state index in [1.54, 1.807) is 11.8 Å². The summed E-state index contributed by atoms with van der Waals surface area (Å²) >= 11 is 0. The molecule has 0 bridgehead atoms. The van der Waals surface area contributed by atoms with Gasteiger partial charge in [0.05, 0.1) is 5.92 Å². The maximum Gasteiger partial charge on any atom is 0.308 e. The van der Waals surface area contributed by atoms with Crippen LogP contribution in [0.25, 0.3) is 0 Å². The topological polar surface area (TPSA) is 57.6 Å². The minimum absolute atomic E-state index is 0.0390. The van der Waals surface area contributed by atoms with Gasteiger partial charge in [-0.25, -0.2) is 0 Å². The predicted octanol–water partition coefficient (Wildman–Crippen LogP) is 3.16. The van der Waals surface area contributed by atoms with Crippen LogP contribution in [0.4, 0.5) is 0 Å². The molecule has 4 nitrogen and oxygen atoms in total. The second kappa shape index (κ2) is 8.18. The van der Waals surface area contributed by atoms with Gasteiger partial charge >= 0.3 is 5.97 Å². The lowest BCUT2D eigenvalue weighted by atomic mass is 9.94. The number of unbranched alkanes of at least 4 members (excludes halogenated alkanes) is 3. The van der Waals surface area contributed by atoms with Crippen LogP contribution in [-0.2, 0) is 9.59 Å². The zero-order chi connectivity index (χ0) is 15.1. The third-order valence-corrected chi connectivity index (χ3v) is 3.13. The smallest absolute Gasteiger partial charge is 0.308 e. The van der Waals surface area contributed by atoms with Crippen LogP contribution in [-0.4, -0.2) is 35.0 Å². The maximum absolute atomic E-state index is 12.3. The van der Waals surface area contributed by atoms with E-state index in [1.807, 2.05) is 20.8 Å². The van der Waals surface area contributed by atoms with Gasteiger partial charge in [-0.15, -0.1) is 0 Å². The zero-order valence-corrected chi connectivity index (χ0v) is 13.0. The van der Waals surface area contributed by atoms with E-state index in [9.17, 15) is 9.59 Å². The summed E-state index contributed by atoms with van der Waals surface area (Å²) in [6.45, 7) is 10.4. The molecule has 0 aromatic heterocycles. The number of hydrogen-bond acceptors (Lipinski definition) is 2. The highest BCUT2D eigenvalue weighted by atomic mass is 16.4. The molecule has 0 saturated carbocycles. The number of carboxylic acid groups (broad SMARTS) is 1. The van der Waals surface area contributed by atoms with Crippen molar-refractivity contribution in [3.63, 3.8) is 0 Å². The van der Waals surface area contributed by atoms with Gasteiger partial charge in [0.25, 0.3) is 0 Å². The highest BCUT2D eigenvalue weighted by Crippen LogP contribution is 2.19. The van der Waals surface area contributed by atoms with Crippen molar-refractivity contribution in [1.29, 1.82) is 0 Å². The molecule has 0 heterocycles. The molecular weight excluding hydrogens is 242 g/mol. The van der Waals surface area contributed by atoms with Gasteiger partial charge in [0.2, 0.25) is 5.91 Å².